The summed E-state index contributed by atoms with van der Waals surface area (Å²) in [5.41, 5.74) is 9.64. The molecule has 172 valence electrons. The lowest BCUT2D eigenvalue weighted by Gasteiger charge is -2.10. The van der Waals surface area contributed by atoms with E-state index in [1.165, 1.54) is 0 Å². The second-order valence-electron chi connectivity index (χ2n) is 7.76. The lowest BCUT2D eigenvalue weighted by atomic mass is 10.1. The fraction of sp³-hybridized carbons (Fsp3) is 0.0667. The van der Waals surface area contributed by atoms with Gasteiger partial charge in [0.15, 0.2) is 0 Å². The fourth-order valence-corrected chi connectivity index (χ4v) is 3.36. The van der Waals surface area contributed by atoms with Crippen LogP contribution in [0.25, 0.3) is 0 Å². The zero-order valence-corrected chi connectivity index (χ0v) is 19.0. The van der Waals surface area contributed by atoms with Crippen LogP contribution in [0.1, 0.15) is 38.2 Å². The Balaban J connectivity index is 1.58. The van der Waals surface area contributed by atoms with Gasteiger partial charge in [0.2, 0.25) is 0 Å². The van der Waals surface area contributed by atoms with Gasteiger partial charge < -0.3 is 15.2 Å². The fourth-order valence-electron chi connectivity index (χ4n) is 3.36. The van der Waals surface area contributed by atoms with Crippen LogP contribution in [0.3, 0.4) is 0 Å². The molecule has 4 aromatic carbocycles. The number of esters is 1. The minimum Gasteiger partial charge on any atom is -0.488 e. The first-order valence-electron chi connectivity index (χ1n) is 11.1. The second kappa shape index (κ2) is 11.4. The van der Waals surface area contributed by atoms with Gasteiger partial charge >= 0.3 is 5.97 Å². The number of nitrogens with two attached hydrogens (primary N) is 1. The third-order valence-corrected chi connectivity index (χ3v) is 5.22. The van der Waals surface area contributed by atoms with Crippen molar-refractivity contribution in [3.05, 3.63) is 137 Å². The first kappa shape index (κ1) is 23.3. The Morgan fingerprint density at radius 1 is 0.743 bits per heavy atom. The quantitative estimate of drug-likeness (QED) is 0.169. The van der Waals surface area contributed by atoms with Gasteiger partial charge in [-0.05, 0) is 41.5 Å². The van der Waals surface area contributed by atoms with Crippen molar-refractivity contribution in [3.8, 4) is 17.6 Å². The number of carbonyl (C=O) groups is 1. The molecule has 0 heterocycles. The van der Waals surface area contributed by atoms with E-state index in [0.717, 1.165) is 11.1 Å². The molecule has 0 bridgehead atoms. The third kappa shape index (κ3) is 6.37. The maximum atomic E-state index is 12.8. The predicted molar refractivity (Wildman–Crippen MR) is 136 cm³/mol. The SMILES string of the molecule is N=C(N)c1ccc(OCc2ccccc2)c(C#Cc2ccccc2C(=O)OCc2ccccc2)c1. The van der Waals surface area contributed by atoms with E-state index in [2.05, 4.69) is 11.8 Å². The average molecular weight is 461 g/mol. The molecule has 0 unspecified atom stereocenters. The normalized spacial score (nSPS) is 10.1. The summed E-state index contributed by atoms with van der Waals surface area (Å²) in [6, 6.07) is 31.6. The molecular weight excluding hydrogens is 436 g/mol. The number of amidine groups is 1. The van der Waals surface area contributed by atoms with Gasteiger partial charge in [-0.25, -0.2) is 4.79 Å². The zero-order valence-electron chi connectivity index (χ0n) is 19.0. The highest BCUT2D eigenvalue weighted by molar-refractivity contribution is 5.95. The van der Waals surface area contributed by atoms with Gasteiger partial charge in [0.1, 0.15) is 24.8 Å². The molecule has 0 aliphatic carbocycles. The number of nitrogen functional groups attached to an aromatic ring is 1. The Labute approximate surface area is 204 Å². The number of hydrogen-bond donors (Lipinski definition) is 2. The molecule has 0 aromatic heterocycles. The van der Waals surface area contributed by atoms with Crippen LogP contribution >= 0.6 is 0 Å². The number of hydrogen-bond acceptors (Lipinski definition) is 4. The highest BCUT2D eigenvalue weighted by Crippen LogP contribution is 2.21. The van der Waals surface area contributed by atoms with Crippen LogP contribution in [0, 0.1) is 17.3 Å². The van der Waals surface area contributed by atoms with Crippen LogP contribution < -0.4 is 10.5 Å². The standard InChI is InChI=1S/C30H24N2O3/c31-29(32)26-17-18-28(34-20-22-9-3-1-4-10-22)25(19-26)16-15-24-13-7-8-14-27(24)30(33)35-21-23-11-5-2-6-12-23/h1-14,17-19H,20-21H2,(H3,31,32). The van der Waals surface area contributed by atoms with Gasteiger partial charge in [-0.1, -0.05) is 84.6 Å². The third-order valence-electron chi connectivity index (χ3n) is 5.22. The van der Waals surface area contributed by atoms with E-state index in [9.17, 15) is 4.79 Å². The molecule has 0 aliphatic rings. The van der Waals surface area contributed by atoms with Crippen molar-refractivity contribution in [2.24, 2.45) is 5.73 Å². The van der Waals surface area contributed by atoms with E-state index in [-0.39, 0.29) is 12.4 Å². The molecule has 0 atom stereocenters. The van der Waals surface area contributed by atoms with Gasteiger partial charge in [0, 0.05) is 11.1 Å². The summed E-state index contributed by atoms with van der Waals surface area (Å²) >= 11 is 0. The van der Waals surface area contributed by atoms with E-state index in [1.807, 2.05) is 66.7 Å². The first-order valence-corrected chi connectivity index (χ1v) is 11.1. The lowest BCUT2D eigenvalue weighted by molar-refractivity contribution is 0.0472. The lowest BCUT2D eigenvalue weighted by Crippen LogP contribution is -2.11. The summed E-state index contributed by atoms with van der Waals surface area (Å²) in [5, 5.41) is 7.77. The Morgan fingerprint density at radius 2 is 1.34 bits per heavy atom. The first-order chi connectivity index (χ1) is 17.1. The maximum Gasteiger partial charge on any atom is 0.339 e. The average Bonchev–Trinajstić information content (AvgIpc) is 2.91. The van der Waals surface area contributed by atoms with Crippen LogP contribution in [0.15, 0.2) is 103 Å². The summed E-state index contributed by atoms with van der Waals surface area (Å²) in [7, 11) is 0. The van der Waals surface area contributed by atoms with Crippen molar-refractivity contribution in [1.82, 2.24) is 0 Å². The van der Waals surface area contributed by atoms with E-state index in [1.54, 1.807) is 36.4 Å². The van der Waals surface area contributed by atoms with Crippen LogP contribution in [0.4, 0.5) is 0 Å². The zero-order chi connectivity index (χ0) is 24.5. The monoisotopic (exact) mass is 460 g/mol. The van der Waals surface area contributed by atoms with Crippen molar-refractivity contribution in [1.29, 1.82) is 5.41 Å². The summed E-state index contributed by atoms with van der Waals surface area (Å²) in [6.07, 6.45) is 0. The van der Waals surface area contributed by atoms with Crippen molar-refractivity contribution in [2.45, 2.75) is 13.2 Å². The summed E-state index contributed by atoms with van der Waals surface area (Å²) in [5.74, 6) is 6.22. The summed E-state index contributed by atoms with van der Waals surface area (Å²) in [4.78, 5) is 12.8. The van der Waals surface area contributed by atoms with Crippen LogP contribution in [0.5, 0.6) is 5.75 Å². The Hall–Kier alpha value is -4.82. The van der Waals surface area contributed by atoms with Gasteiger partial charge in [0.05, 0.1) is 11.1 Å². The molecule has 5 heteroatoms. The van der Waals surface area contributed by atoms with E-state index < -0.39 is 5.97 Å². The molecule has 0 spiro atoms. The molecule has 0 saturated carbocycles. The molecular formula is C30H24N2O3. The number of carbonyl (C=O) groups excluding carboxylic acids is 1. The predicted octanol–water partition coefficient (Wildman–Crippen LogP) is 5.31. The molecule has 0 amide bonds. The molecule has 35 heavy (non-hydrogen) atoms. The molecule has 4 aromatic rings. The highest BCUT2D eigenvalue weighted by Gasteiger charge is 2.12. The van der Waals surface area contributed by atoms with Gasteiger partial charge in [-0.3, -0.25) is 5.41 Å². The van der Waals surface area contributed by atoms with Crippen LogP contribution in [-0.4, -0.2) is 11.8 Å². The van der Waals surface area contributed by atoms with E-state index >= 15 is 0 Å². The second-order valence-corrected chi connectivity index (χ2v) is 7.76. The smallest absolute Gasteiger partial charge is 0.339 e. The Kier molecular flexibility index (Phi) is 7.57. The highest BCUT2D eigenvalue weighted by atomic mass is 16.5. The van der Waals surface area contributed by atoms with Crippen molar-refractivity contribution in [2.75, 3.05) is 0 Å². The molecule has 0 fully saturated rings. The largest absolute Gasteiger partial charge is 0.488 e. The number of nitrogens with one attached hydrogen (secondary N) is 1. The molecule has 5 nitrogen and oxygen atoms in total. The summed E-state index contributed by atoms with van der Waals surface area (Å²) < 4.78 is 11.5. The van der Waals surface area contributed by atoms with Gasteiger partial charge in [-0.2, -0.15) is 0 Å². The molecule has 0 aliphatic heterocycles. The Bertz CT molecular complexity index is 1390. The maximum absolute atomic E-state index is 12.8. The van der Waals surface area contributed by atoms with Crippen LogP contribution in [-0.2, 0) is 18.0 Å². The van der Waals surface area contributed by atoms with Crippen molar-refractivity contribution in [3.63, 3.8) is 0 Å². The number of ether oxygens (including phenoxy) is 2. The topological polar surface area (TPSA) is 85.4 Å². The molecule has 4 rings (SSSR count). The van der Waals surface area contributed by atoms with Gasteiger partial charge in [0.25, 0.3) is 0 Å². The van der Waals surface area contributed by atoms with Crippen molar-refractivity contribution >= 4 is 11.8 Å². The van der Waals surface area contributed by atoms with E-state index in [4.69, 9.17) is 20.6 Å². The van der Waals surface area contributed by atoms with Crippen LogP contribution in [0.2, 0.25) is 0 Å². The summed E-state index contributed by atoms with van der Waals surface area (Å²) in [6.45, 7) is 0.552. The number of benzene rings is 4. The van der Waals surface area contributed by atoms with Crippen molar-refractivity contribution < 1.29 is 14.3 Å². The van der Waals surface area contributed by atoms with E-state index in [0.29, 0.717) is 34.6 Å². The minimum atomic E-state index is -0.447. The number of rotatable bonds is 7. The van der Waals surface area contributed by atoms with Gasteiger partial charge in [-0.15, -0.1) is 0 Å². The molecule has 0 radical (unpaired) electrons. The molecule has 3 N–H and O–H groups in total. The Morgan fingerprint density at radius 3 is 2.03 bits per heavy atom. The molecule has 0 saturated heterocycles. The minimum absolute atomic E-state index is 0.0625.